The summed E-state index contributed by atoms with van der Waals surface area (Å²) in [6.45, 7) is 3.76. The molecule has 8 heteroatoms. The highest BCUT2D eigenvalue weighted by atomic mass is 32.2. The minimum Gasteiger partial charge on any atom is -0.497 e. The van der Waals surface area contributed by atoms with Gasteiger partial charge in [-0.1, -0.05) is 29.8 Å². The molecule has 2 aliphatic rings. The summed E-state index contributed by atoms with van der Waals surface area (Å²) in [6, 6.07) is 19.6. The second kappa shape index (κ2) is 9.38. The van der Waals surface area contributed by atoms with Crippen molar-refractivity contribution in [3.8, 4) is 17.9 Å². The molecule has 178 valence electrons. The molecule has 2 fully saturated rings. The molecule has 2 aromatic rings. The van der Waals surface area contributed by atoms with Gasteiger partial charge >= 0.3 is 0 Å². The maximum atomic E-state index is 13.1. The average Bonchev–Trinajstić information content (AvgIpc) is 2.89. The molecule has 0 bridgehead atoms. The number of aryl methyl sites for hydroxylation is 1. The first-order valence-corrected chi connectivity index (χ1v) is 13.0. The van der Waals surface area contributed by atoms with E-state index in [-0.39, 0.29) is 4.90 Å². The zero-order valence-corrected chi connectivity index (χ0v) is 20.5. The van der Waals surface area contributed by atoms with Crippen molar-refractivity contribution in [1.82, 2.24) is 9.21 Å². The Morgan fingerprint density at radius 3 is 2.12 bits per heavy atom. The molecular formula is C26H30N4O3S. The van der Waals surface area contributed by atoms with Crippen LogP contribution in [0.25, 0.3) is 0 Å². The van der Waals surface area contributed by atoms with Gasteiger partial charge in [0, 0.05) is 26.2 Å². The van der Waals surface area contributed by atoms with Crippen molar-refractivity contribution in [3.05, 3.63) is 59.7 Å². The zero-order valence-electron chi connectivity index (χ0n) is 19.7. The Bertz CT molecular complexity index is 1210. The smallest absolute Gasteiger partial charge is 0.243 e. The van der Waals surface area contributed by atoms with Gasteiger partial charge in [-0.25, -0.2) is 8.42 Å². The third-order valence-corrected chi connectivity index (χ3v) is 9.39. The van der Waals surface area contributed by atoms with E-state index in [4.69, 9.17) is 4.74 Å². The van der Waals surface area contributed by atoms with Gasteiger partial charge in [-0.05, 0) is 62.4 Å². The monoisotopic (exact) mass is 478 g/mol. The Labute approximate surface area is 202 Å². The average molecular weight is 479 g/mol. The fourth-order valence-electron chi connectivity index (χ4n) is 5.16. The predicted molar refractivity (Wildman–Crippen MR) is 129 cm³/mol. The van der Waals surface area contributed by atoms with Crippen molar-refractivity contribution in [2.24, 2.45) is 0 Å². The molecule has 7 nitrogen and oxygen atoms in total. The van der Waals surface area contributed by atoms with Gasteiger partial charge in [0.1, 0.15) is 11.3 Å². The summed E-state index contributed by atoms with van der Waals surface area (Å²) in [7, 11) is -1.97. The third-order valence-electron chi connectivity index (χ3n) is 7.48. The van der Waals surface area contributed by atoms with Gasteiger partial charge in [-0.2, -0.15) is 14.8 Å². The second-order valence-electron chi connectivity index (χ2n) is 9.27. The molecule has 0 atom stereocenters. The number of likely N-dealkylation sites (tertiary alicyclic amines) is 1. The van der Waals surface area contributed by atoms with Crippen LogP contribution in [0.1, 0.15) is 36.8 Å². The number of methoxy groups -OCH3 is 1. The standard InChI is InChI=1S/C26H30N4O3S/c1-21-6-8-24(9-7-21)34(31,32)30-16-12-26(20-28,13-17-30)29-14-10-25(19-27,11-15-29)22-4-3-5-23(18-22)33-2/h3-9,18H,10-17H2,1-2H3. The van der Waals surface area contributed by atoms with E-state index in [0.717, 1.165) is 16.9 Å². The normalized spacial score (nSPS) is 20.7. The summed E-state index contributed by atoms with van der Waals surface area (Å²) in [4.78, 5) is 2.45. The maximum absolute atomic E-state index is 13.1. The van der Waals surface area contributed by atoms with Crippen molar-refractivity contribution >= 4 is 10.0 Å². The molecule has 0 unspecified atom stereocenters. The molecule has 0 saturated carbocycles. The summed E-state index contributed by atoms with van der Waals surface area (Å²) in [6.07, 6.45) is 2.14. The minimum absolute atomic E-state index is 0.289. The van der Waals surface area contributed by atoms with Crippen LogP contribution in [0.5, 0.6) is 5.75 Å². The summed E-state index contributed by atoms with van der Waals surface area (Å²) < 4.78 is 33.0. The van der Waals surface area contributed by atoms with Crippen LogP contribution in [0.2, 0.25) is 0 Å². The summed E-state index contributed by atoms with van der Waals surface area (Å²) in [5.74, 6) is 0.727. The van der Waals surface area contributed by atoms with E-state index in [1.54, 1.807) is 31.4 Å². The highest BCUT2D eigenvalue weighted by Gasteiger charge is 2.47. The number of rotatable bonds is 5. The topological polar surface area (TPSA) is 97.4 Å². The number of piperidine rings is 2. The van der Waals surface area contributed by atoms with E-state index >= 15 is 0 Å². The molecule has 0 aromatic heterocycles. The largest absolute Gasteiger partial charge is 0.497 e. The van der Waals surface area contributed by atoms with E-state index < -0.39 is 21.0 Å². The third kappa shape index (κ3) is 4.30. The van der Waals surface area contributed by atoms with Gasteiger partial charge in [0.25, 0.3) is 0 Å². The van der Waals surface area contributed by atoms with Crippen molar-refractivity contribution in [2.45, 2.75) is 48.5 Å². The van der Waals surface area contributed by atoms with Crippen LogP contribution in [0, 0.1) is 29.6 Å². The van der Waals surface area contributed by atoms with Gasteiger partial charge in [-0.15, -0.1) is 0 Å². The Hall–Kier alpha value is -2.91. The van der Waals surface area contributed by atoms with E-state index in [1.807, 2.05) is 31.2 Å². The lowest BCUT2D eigenvalue weighted by Gasteiger charge is -2.48. The first-order chi connectivity index (χ1) is 16.3. The van der Waals surface area contributed by atoms with Crippen LogP contribution in [-0.4, -0.2) is 56.5 Å². The van der Waals surface area contributed by atoms with Crippen LogP contribution < -0.4 is 4.74 Å². The zero-order chi connectivity index (χ0) is 24.4. The SMILES string of the molecule is COc1cccc(C2(C#N)CCN(C3(C#N)CCN(S(=O)(=O)c4ccc(C)cc4)CC3)CC2)c1. The lowest BCUT2D eigenvalue weighted by Crippen LogP contribution is -2.58. The second-order valence-corrected chi connectivity index (χ2v) is 11.2. The molecule has 0 N–H and O–H groups in total. The van der Waals surface area contributed by atoms with E-state index in [2.05, 4.69) is 17.0 Å². The Kier molecular flexibility index (Phi) is 6.69. The number of nitrogens with zero attached hydrogens (tertiary/aromatic N) is 4. The molecule has 34 heavy (non-hydrogen) atoms. The number of hydrogen-bond acceptors (Lipinski definition) is 6. The molecular weight excluding hydrogens is 448 g/mol. The van der Waals surface area contributed by atoms with Gasteiger partial charge in [0.15, 0.2) is 0 Å². The number of benzene rings is 2. The number of sulfonamides is 1. The number of hydrogen-bond donors (Lipinski definition) is 0. The molecule has 0 aliphatic carbocycles. The molecule has 2 aromatic carbocycles. The van der Waals surface area contributed by atoms with Crippen LogP contribution in [0.15, 0.2) is 53.4 Å². The van der Waals surface area contributed by atoms with Gasteiger partial charge in [-0.3, -0.25) is 4.90 Å². The first-order valence-electron chi connectivity index (χ1n) is 11.6. The van der Waals surface area contributed by atoms with Crippen molar-refractivity contribution in [2.75, 3.05) is 33.3 Å². The van der Waals surface area contributed by atoms with Crippen LogP contribution in [0.4, 0.5) is 0 Å². The van der Waals surface area contributed by atoms with Crippen molar-refractivity contribution < 1.29 is 13.2 Å². The van der Waals surface area contributed by atoms with Crippen LogP contribution in [-0.2, 0) is 15.4 Å². The molecule has 0 spiro atoms. The Morgan fingerprint density at radius 2 is 1.56 bits per heavy atom. The quantitative estimate of drug-likeness (QED) is 0.651. The molecule has 2 saturated heterocycles. The number of ether oxygens (including phenoxy) is 1. The highest BCUT2D eigenvalue weighted by molar-refractivity contribution is 7.89. The van der Waals surface area contributed by atoms with E-state index in [9.17, 15) is 18.9 Å². The fraction of sp³-hybridized carbons (Fsp3) is 0.462. The van der Waals surface area contributed by atoms with Gasteiger partial charge in [0.05, 0.1) is 29.6 Å². The van der Waals surface area contributed by atoms with Gasteiger partial charge in [0.2, 0.25) is 10.0 Å². The lowest BCUT2D eigenvalue weighted by molar-refractivity contribution is 0.0519. The lowest BCUT2D eigenvalue weighted by atomic mass is 9.72. The summed E-state index contributed by atoms with van der Waals surface area (Å²) >= 11 is 0. The molecule has 4 rings (SSSR count). The summed E-state index contributed by atoms with van der Waals surface area (Å²) in [5.41, 5.74) is 0.625. The Balaban J connectivity index is 1.46. The minimum atomic E-state index is -3.58. The first kappa shape index (κ1) is 24.2. The molecule has 2 heterocycles. The molecule has 2 aliphatic heterocycles. The molecule has 0 amide bonds. The highest BCUT2D eigenvalue weighted by Crippen LogP contribution is 2.40. The number of nitriles is 2. The maximum Gasteiger partial charge on any atom is 0.243 e. The van der Waals surface area contributed by atoms with Gasteiger partial charge < -0.3 is 4.74 Å². The predicted octanol–water partition coefficient (Wildman–Crippen LogP) is 3.61. The van der Waals surface area contributed by atoms with E-state index in [0.29, 0.717) is 51.9 Å². The summed E-state index contributed by atoms with van der Waals surface area (Å²) in [5, 5.41) is 20.2. The van der Waals surface area contributed by atoms with Crippen molar-refractivity contribution in [3.63, 3.8) is 0 Å². The van der Waals surface area contributed by atoms with Crippen LogP contribution >= 0.6 is 0 Å². The van der Waals surface area contributed by atoms with E-state index in [1.165, 1.54) is 4.31 Å². The molecule has 0 radical (unpaired) electrons. The fourth-order valence-corrected chi connectivity index (χ4v) is 6.60. The van der Waals surface area contributed by atoms with Crippen LogP contribution in [0.3, 0.4) is 0 Å². The van der Waals surface area contributed by atoms with Crippen molar-refractivity contribution in [1.29, 1.82) is 10.5 Å². The Morgan fingerprint density at radius 1 is 0.912 bits per heavy atom.